The summed E-state index contributed by atoms with van der Waals surface area (Å²) < 4.78 is 63.7. The third-order valence-electron chi connectivity index (χ3n) is 4.91. The quantitative estimate of drug-likeness (QED) is 0.597. The van der Waals surface area contributed by atoms with Crippen molar-refractivity contribution in [1.29, 1.82) is 0 Å². The third kappa shape index (κ3) is 3.92. The van der Waals surface area contributed by atoms with Gasteiger partial charge in [-0.2, -0.15) is 17.5 Å². The zero-order chi connectivity index (χ0) is 21.5. The van der Waals surface area contributed by atoms with Crippen LogP contribution in [0.5, 0.6) is 0 Å². The number of nitrogens with zero attached hydrogens (tertiary/aromatic N) is 4. The second-order valence-corrected chi connectivity index (χ2v) is 9.61. The average molecular weight is 454 g/mol. The minimum Gasteiger partial charge on any atom is -0.353 e. The summed E-state index contributed by atoms with van der Waals surface area (Å²) in [6, 6.07) is 6.88. The van der Waals surface area contributed by atoms with E-state index in [0.717, 1.165) is 32.6 Å². The van der Waals surface area contributed by atoms with Crippen LogP contribution in [-0.4, -0.2) is 48.9 Å². The molecule has 0 spiro atoms. The molecule has 3 heterocycles. The molecule has 0 saturated carbocycles. The van der Waals surface area contributed by atoms with E-state index in [1.165, 1.54) is 34.1 Å². The lowest BCUT2D eigenvalue weighted by Gasteiger charge is -2.34. The molecule has 0 unspecified atom stereocenters. The average Bonchev–Trinajstić information content (AvgIpc) is 3.18. The third-order valence-corrected chi connectivity index (χ3v) is 7.51. The van der Waals surface area contributed by atoms with Crippen molar-refractivity contribution in [2.45, 2.75) is 6.18 Å². The van der Waals surface area contributed by atoms with Crippen LogP contribution in [-0.2, 0) is 16.2 Å². The Morgan fingerprint density at radius 1 is 1.07 bits per heavy atom. The first-order chi connectivity index (χ1) is 14.2. The van der Waals surface area contributed by atoms with Gasteiger partial charge < -0.3 is 4.90 Å². The van der Waals surface area contributed by atoms with E-state index in [4.69, 9.17) is 0 Å². The molecule has 3 aromatic rings. The highest BCUT2D eigenvalue weighted by molar-refractivity contribution is 7.92. The lowest BCUT2D eigenvalue weighted by atomic mass is 10.1. The molecule has 11 heteroatoms. The molecule has 0 radical (unpaired) electrons. The second-order valence-electron chi connectivity index (χ2n) is 6.70. The minimum atomic E-state index is -4.38. The molecule has 0 atom stereocenters. The molecule has 1 fully saturated rings. The Labute approximate surface area is 175 Å². The van der Waals surface area contributed by atoms with Crippen LogP contribution in [0.1, 0.15) is 5.56 Å². The summed E-state index contributed by atoms with van der Waals surface area (Å²) in [5.41, 5.74) is -0.0287. The van der Waals surface area contributed by atoms with Gasteiger partial charge in [-0.25, -0.2) is 18.4 Å². The van der Waals surface area contributed by atoms with Crippen molar-refractivity contribution >= 4 is 37.4 Å². The van der Waals surface area contributed by atoms with Gasteiger partial charge in [0.15, 0.2) is 0 Å². The molecule has 0 bridgehead atoms. The Bertz CT molecular complexity index is 1180. The largest absolute Gasteiger partial charge is 0.416 e. The Balaban J connectivity index is 1.61. The molecule has 4 rings (SSSR count). The molecular formula is C19H17F3N4O2S2. The fourth-order valence-corrected chi connectivity index (χ4v) is 5.20. The van der Waals surface area contributed by atoms with Crippen molar-refractivity contribution in [2.75, 3.05) is 31.1 Å². The van der Waals surface area contributed by atoms with Crippen LogP contribution in [0.3, 0.4) is 0 Å². The SMILES string of the molecule is C=CS(=O)(=O)N1CCN(c2ncnc3sc(-c4ccc(C(F)(F)F)cc4)cc23)CC1. The van der Waals surface area contributed by atoms with Gasteiger partial charge in [0, 0.05) is 36.5 Å². The first-order valence-electron chi connectivity index (χ1n) is 8.99. The van der Waals surface area contributed by atoms with Gasteiger partial charge >= 0.3 is 6.18 Å². The number of sulfonamides is 1. The van der Waals surface area contributed by atoms with E-state index in [2.05, 4.69) is 16.5 Å². The highest BCUT2D eigenvalue weighted by Gasteiger charge is 2.30. The lowest BCUT2D eigenvalue weighted by Crippen LogP contribution is -2.48. The maximum Gasteiger partial charge on any atom is 0.416 e. The van der Waals surface area contributed by atoms with Crippen LogP contribution < -0.4 is 4.90 Å². The highest BCUT2D eigenvalue weighted by atomic mass is 32.2. The summed E-state index contributed by atoms with van der Waals surface area (Å²) in [5, 5.41) is 1.73. The number of rotatable bonds is 4. The van der Waals surface area contributed by atoms with Crippen molar-refractivity contribution in [3.05, 3.63) is 54.2 Å². The zero-order valence-electron chi connectivity index (χ0n) is 15.6. The Hall–Kier alpha value is -2.50. The number of fused-ring (bicyclic) bond motifs is 1. The van der Waals surface area contributed by atoms with Crippen LogP contribution in [0.2, 0.25) is 0 Å². The molecule has 6 nitrogen and oxygen atoms in total. The number of hydrogen-bond acceptors (Lipinski definition) is 6. The molecule has 0 aliphatic carbocycles. The first kappa shape index (κ1) is 20.8. The molecule has 1 aliphatic rings. The second kappa shape index (κ2) is 7.64. The van der Waals surface area contributed by atoms with Crippen molar-refractivity contribution in [2.24, 2.45) is 0 Å². The Morgan fingerprint density at radius 3 is 2.33 bits per heavy atom. The van der Waals surface area contributed by atoms with Crippen LogP contribution in [0.15, 0.2) is 48.6 Å². The molecule has 1 aromatic carbocycles. The molecule has 0 N–H and O–H groups in total. The van der Waals surface area contributed by atoms with Gasteiger partial charge in [-0.3, -0.25) is 0 Å². The van der Waals surface area contributed by atoms with Crippen LogP contribution >= 0.6 is 11.3 Å². The van der Waals surface area contributed by atoms with E-state index in [1.54, 1.807) is 0 Å². The number of thiophene rings is 1. The highest BCUT2D eigenvalue weighted by Crippen LogP contribution is 2.37. The molecule has 2 aromatic heterocycles. The van der Waals surface area contributed by atoms with Gasteiger partial charge in [0.25, 0.3) is 0 Å². The van der Waals surface area contributed by atoms with Gasteiger partial charge in [0.05, 0.1) is 10.9 Å². The fourth-order valence-electron chi connectivity index (χ4n) is 3.32. The van der Waals surface area contributed by atoms with E-state index in [0.29, 0.717) is 37.6 Å². The smallest absolute Gasteiger partial charge is 0.353 e. The van der Waals surface area contributed by atoms with E-state index in [1.807, 2.05) is 11.0 Å². The summed E-state index contributed by atoms with van der Waals surface area (Å²) in [6.45, 7) is 4.91. The van der Waals surface area contributed by atoms with Crippen LogP contribution in [0.4, 0.5) is 19.0 Å². The number of hydrogen-bond donors (Lipinski definition) is 0. The van der Waals surface area contributed by atoms with Gasteiger partial charge in [-0.05, 0) is 23.8 Å². The van der Waals surface area contributed by atoms with Crippen molar-refractivity contribution in [1.82, 2.24) is 14.3 Å². The number of benzene rings is 1. The maximum atomic E-state index is 12.8. The normalized spacial score (nSPS) is 16.2. The van der Waals surface area contributed by atoms with Crippen LogP contribution in [0, 0.1) is 0 Å². The number of piperazine rings is 1. The number of aromatic nitrogens is 2. The molecular weight excluding hydrogens is 437 g/mol. The fraction of sp³-hybridized carbons (Fsp3) is 0.263. The number of halogens is 3. The van der Waals surface area contributed by atoms with E-state index >= 15 is 0 Å². The summed E-state index contributed by atoms with van der Waals surface area (Å²) in [6.07, 6.45) is -2.93. The Kier molecular flexibility index (Phi) is 5.28. The van der Waals surface area contributed by atoms with Gasteiger partial charge in [-0.1, -0.05) is 18.7 Å². The molecule has 158 valence electrons. The molecule has 30 heavy (non-hydrogen) atoms. The predicted octanol–water partition coefficient (Wildman–Crippen LogP) is 3.97. The standard InChI is InChI=1S/C19H17F3N4O2S2/c1-2-30(27,28)26-9-7-25(8-10-26)17-15-11-16(29-18(15)24-12-23-17)13-3-5-14(6-4-13)19(20,21)22/h2-6,11-12H,1,7-10H2. The maximum absolute atomic E-state index is 12.8. The minimum absolute atomic E-state index is 0.315. The Morgan fingerprint density at radius 2 is 1.73 bits per heavy atom. The number of alkyl halides is 3. The number of anilines is 1. The zero-order valence-corrected chi connectivity index (χ0v) is 17.3. The summed E-state index contributed by atoms with van der Waals surface area (Å²) in [4.78, 5) is 12.2. The molecule has 1 saturated heterocycles. The van der Waals surface area contributed by atoms with E-state index in [-0.39, 0.29) is 0 Å². The molecule has 1 aliphatic heterocycles. The topological polar surface area (TPSA) is 66.4 Å². The lowest BCUT2D eigenvalue weighted by molar-refractivity contribution is -0.137. The van der Waals surface area contributed by atoms with Crippen molar-refractivity contribution < 1.29 is 21.6 Å². The van der Waals surface area contributed by atoms with Gasteiger partial charge in [0.1, 0.15) is 17.0 Å². The summed E-state index contributed by atoms with van der Waals surface area (Å²) in [5.74, 6) is 0.685. The van der Waals surface area contributed by atoms with E-state index in [9.17, 15) is 21.6 Å². The summed E-state index contributed by atoms with van der Waals surface area (Å²) in [7, 11) is -3.46. The van der Waals surface area contributed by atoms with Gasteiger partial charge in [0.2, 0.25) is 10.0 Å². The predicted molar refractivity (Wildman–Crippen MR) is 111 cm³/mol. The van der Waals surface area contributed by atoms with Crippen LogP contribution in [0.25, 0.3) is 20.7 Å². The monoisotopic (exact) mass is 454 g/mol. The van der Waals surface area contributed by atoms with E-state index < -0.39 is 21.8 Å². The van der Waals surface area contributed by atoms with Gasteiger partial charge in [-0.15, -0.1) is 11.3 Å². The first-order valence-corrected chi connectivity index (χ1v) is 11.3. The van der Waals surface area contributed by atoms with Crippen molar-refractivity contribution in [3.63, 3.8) is 0 Å². The van der Waals surface area contributed by atoms with Crippen molar-refractivity contribution in [3.8, 4) is 10.4 Å². The summed E-state index contributed by atoms with van der Waals surface area (Å²) >= 11 is 1.37. The molecule has 0 amide bonds.